The number of hydrogen-bond donors (Lipinski definition) is 1. The van der Waals surface area contributed by atoms with Crippen LogP contribution in [-0.2, 0) is 17.6 Å². The van der Waals surface area contributed by atoms with Gasteiger partial charge >= 0.3 is 0 Å². The standard InChI is InChI=1S/C21H23N3O2S2/c1-12-5-4-6-16(10-12)22-19(25)14(3)27-21-24-23-20(26-21)18-11-15-9-13(2)7-8-17(15)28-18/h4-6,10-11,13-14H,7-9H2,1-3H3,(H,22,25)/t13-,14+/m0/s1. The maximum absolute atomic E-state index is 12.4. The maximum atomic E-state index is 12.4. The molecule has 1 aromatic carbocycles. The SMILES string of the molecule is Cc1cccc(NC(=O)[C@@H](C)Sc2nnc(-c3cc4c(s3)CC[C@H](C)C4)o2)c1. The van der Waals surface area contributed by atoms with Crippen molar-refractivity contribution >= 4 is 34.7 Å². The number of nitrogens with zero attached hydrogens (tertiary/aromatic N) is 2. The first-order chi connectivity index (χ1) is 13.5. The predicted octanol–water partition coefficient (Wildman–Crippen LogP) is 5.35. The maximum Gasteiger partial charge on any atom is 0.277 e. The van der Waals surface area contributed by atoms with E-state index in [1.165, 1.54) is 28.6 Å². The van der Waals surface area contributed by atoms with Crippen molar-refractivity contribution in [2.75, 3.05) is 5.32 Å². The number of rotatable bonds is 5. The molecule has 2 atom stereocenters. The van der Waals surface area contributed by atoms with Crippen molar-refractivity contribution in [3.05, 3.63) is 46.3 Å². The first-order valence-corrected chi connectivity index (χ1v) is 11.2. The summed E-state index contributed by atoms with van der Waals surface area (Å²) < 4.78 is 5.84. The van der Waals surface area contributed by atoms with Gasteiger partial charge in [0, 0.05) is 10.6 Å². The number of aryl methyl sites for hydroxylation is 2. The highest BCUT2D eigenvalue weighted by Crippen LogP contribution is 2.37. The molecule has 1 aliphatic rings. The van der Waals surface area contributed by atoms with Gasteiger partial charge in [-0.15, -0.1) is 21.5 Å². The van der Waals surface area contributed by atoms with E-state index in [0.717, 1.165) is 34.9 Å². The number of thiophene rings is 1. The van der Waals surface area contributed by atoms with E-state index in [2.05, 4.69) is 28.5 Å². The summed E-state index contributed by atoms with van der Waals surface area (Å²) in [5.41, 5.74) is 3.31. The quantitative estimate of drug-likeness (QED) is 0.571. The van der Waals surface area contributed by atoms with Crippen LogP contribution in [0.2, 0.25) is 0 Å². The minimum Gasteiger partial charge on any atom is -0.410 e. The molecule has 0 saturated heterocycles. The monoisotopic (exact) mass is 413 g/mol. The van der Waals surface area contributed by atoms with Crippen molar-refractivity contribution < 1.29 is 9.21 Å². The summed E-state index contributed by atoms with van der Waals surface area (Å²) in [5.74, 6) is 1.19. The molecule has 1 N–H and O–H groups in total. The first kappa shape index (κ1) is 19.2. The zero-order valence-corrected chi connectivity index (χ0v) is 17.8. The van der Waals surface area contributed by atoms with Crippen LogP contribution < -0.4 is 5.32 Å². The van der Waals surface area contributed by atoms with Gasteiger partial charge in [0.15, 0.2) is 0 Å². The molecule has 1 amide bonds. The van der Waals surface area contributed by atoms with Gasteiger partial charge in [0.2, 0.25) is 5.91 Å². The molecule has 0 bridgehead atoms. The third-order valence-electron chi connectivity index (χ3n) is 4.88. The first-order valence-electron chi connectivity index (χ1n) is 9.47. The van der Waals surface area contributed by atoms with E-state index < -0.39 is 0 Å². The average Bonchev–Trinajstić information content (AvgIpc) is 3.27. The molecule has 0 saturated carbocycles. The molecule has 1 aliphatic carbocycles. The van der Waals surface area contributed by atoms with Crippen molar-refractivity contribution in [2.45, 2.75) is 50.5 Å². The van der Waals surface area contributed by atoms with E-state index in [9.17, 15) is 4.79 Å². The zero-order chi connectivity index (χ0) is 19.7. The number of anilines is 1. The second-order valence-corrected chi connectivity index (χ2v) is 9.83. The van der Waals surface area contributed by atoms with Crippen molar-refractivity contribution in [3.8, 4) is 10.8 Å². The Labute approximate surface area is 173 Å². The number of hydrogen-bond acceptors (Lipinski definition) is 6. The molecular formula is C21H23N3O2S2. The van der Waals surface area contributed by atoms with Gasteiger partial charge in [-0.25, -0.2) is 0 Å². The highest BCUT2D eigenvalue weighted by atomic mass is 32.2. The lowest BCUT2D eigenvalue weighted by Gasteiger charge is -2.16. The molecule has 28 heavy (non-hydrogen) atoms. The predicted molar refractivity (Wildman–Crippen MR) is 114 cm³/mol. The Hall–Kier alpha value is -2.12. The fourth-order valence-corrected chi connectivity index (χ4v) is 5.15. The number of amides is 1. The highest BCUT2D eigenvalue weighted by Gasteiger charge is 2.22. The summed E-state index contributed by atoms with van der Waals surface area (Å²) in [6.07, 6.45) is 3.50. The fraction of sp³-hybridized carbons (Fsp3) is 0.381. The van der Waals surface area contributed by atoms with Gasteiger partial charge < -0.3 is 9.73 Å². The van der Waals surface area contributed by atoms with Gasteiger partial charge in [-0.3, -0.25) is 4.79 Å². The minimum atomic E-state index is -0.341. The Kier molecular flexibility index (Phi) is 5.55. The molecule has 0 spiro atoms. The van der Waals surface area contributed by atoms with Gasteiger partial charge in [0.05, 0.1) is 10.1 Å². The van der Waals surface area contributed by atoms with E-state index in [1.807, 2.05) is 38.1 Å². The fourth-order valence-electron chi connectivity index (χ4n) is 3.34. The van der Waals surface area contributed by atoms with Gasteiger partial charge in [-0.05, 0) is 68.4 Å². The van der Waals surface area contributed by atoms with Gasteiger partial charge in [0.25, 0.3) is 11.1 Å². The summed E-state index contributed by atoms with van der Waals surface area (Å²) >= 11 is 3.03. The number of fused-ring (bicyclic) bond motifs is 1. The molecular weight excluding hydrogens is 390 g/mol. The van der Waals surface area contributed by atoms with Crippen LogP contribution in [0.3, 0.4) is 0 Å². The minimum absolute atomic E-state index is 0.0871. The van der Waals surface area contributed by atoms with Crippen LogP contribution in [0.25, 0.3) is 10.8 Å². The molecule has 5 nitrogen and oxygen atoms in total. The van der Waals surface area contributed by atoms with Crippen molar-refractivity contribution in [3.63, 3.8) is 0 Å². The average molecular weight is 414 g/mol. The van der Waals surface area contributed by atoms with Gasteiger partial charge in [-0.2, -0.15) is 0 Å². The van der Waals surface area contributed by atoms with Gasteiger partial charge in [-0.1, -0.05) is 30.8 Å². The lowest BCUT2D eigenvalue weighted by Crippen LogP contribution is -2.22. The lowest BCUT2D eigenvalue weighted by molar-refractivity contribution is -0.115. The molecule has 0 unspecified atom stereocenters. The summed E-state index contributed by atoms with van der Waals surface area (Å²) in [4.78, 5) is 14.9. The molecule has 2 aromatic heterocycles. The van der Waals surface area contributed by atoms with Crippen LogP contribution in [0.1, 0.15) is 36.3 Å². The van der Waals surface area contributed by atoms with Crippen LogP contribution in [0.15, 0.2) is 40.0 Å². The number of benzene rings is 1. The Morgan fingerprint density at radius 2 is 2.21 bits per heavy atom. The molecule has 0 fully saturated rings. The topological polar surface area (TPSA) is 68.0 Å². The van der Waals surface area contributed by atoms with Crippen LogP contribution in [0.4, 0.5) is 5.69 Å². The molecule has 0 aliphatic heterocycles. The van der Waals surface area contributed by atoms with Crippen LogP contribution in [0.5, 0.6) is 0 Å². The largest absolute Gasteiger partial charge is 0.410 e. The molecule has 4 rings (SSSR count). The molecule has 2 heterocycles. The third kappa shape index (κ3) is 4.31. The van der Waals surface area contributed by atoms with E-state index in [1.54, 1.807) is 11.3 Å². The zero-order valence-electron chi connectivity index (χ0n) is 16.2. The molecule has 7 heteroatoms. The van der Waals surface area contributed by atoms with E-state index in [4.69, 9.17) is 4.42 Å². The van der Waals surface area contributed by atoms with Crippen molar-refractivity contribution in [1.29, 1.82) is 0 Å². The number of aromatic nitrogens is 2. The number of nitrogens with one attached hydrogen (secondary N) is 1. The van der Waals surface area contributed by atoms with E-state index in [-0.39, 0.29) is 11.2 Å². The summed E-state index contributed by atoms with van der Waals surface area (Å²) in [6.45, 7) is 6.13. The summed E-state index contributed by atoms with van der Waals surface area (Å²) in [6, 6.07) is 9.93. The third-order valence-corrected chi connectivity index (χ3v) is 7.04. The van der Waals surface area contributed by atoms with Crippen molar-refractivity contribution in [1.82, 2.24) is 10.2 Å². The van der Waals surface area contributed by atoms with Crippen molar-refractivity contribution in [2.24, 2.45) is 5.92 Å². The smallest absolute Gasteiger partial charge is 0.277 e. The van der Waals surface area contributed by atoms with Gasteiger partial charge in [0.1, 0.15) is 0 Å². The number of thioether (sulfide) groups is 1. The Morgan fingerprint density at radius 1 is 1.36 bits per heavy atom. The molecule has 0 radical (unpaired) electrons. The van der Waals surface area contributed by atoms with E-state index in [0.29, 0.717) is 11.1 Å². The normalized spacial score (nSPS) is 17.2. The van der Waals surface area contributed by atoms with Crippen LogP contribution >= 0.6 is 23.1 Å². The van der Waals surface area contributed by atoms with Crippen LogP contribution in [0, 0.1) is 12.8 Å². The Bertz CT molecular complexity index is 995. The Balaban J connectivity index is 1.41. The van der Waals surface area contributed by atoms with Crippen LogP contribution in [-0.4, -0.2) is 21.4 Å². The molecule has 3 aromatic rings. The summed E-state index contributed by atoms with van der Waals surface area (Å²) in [5, 5.41) is 11.3. The summed E-state index contributed by atoms with van der Waals surface area (Å²) in [7, 11) is 0. The Morgan fingerprint density at radius 3 is 3.04 bits per heavy atom. The second kappa shape index (κ2) is 8.09. The number of carbonyl (C=O) groups is 1. The highest BCUT2D eigenvalue weighted by molar-refractivity contribution is 8.00. The second-order valence-electron chi connectivity index (χ2n) is 7.40. The lowest BCUT2D eigenvalue weighted by atomic mass is 9.90. The number of carbonyl (C=O) groups excluding carboxylic acids is 1. The van der Waals surface area contributed by atoms with E-state index >= 15 is 0 Å². The molecule has 146 valence electrons.